The molecule has 7 heteroatoms. The molecule has 0 aromatic carbocycles. The second-order valence-electron chi connectivity index (χ2n) is 4.74. The van der Waals surface area contributed by atoms with Gasteiger partial charge in [0, 0.05) is 12.6 Å². The molecule has 1 N–H and O–H groups in total. The fourth-order valence-corrected chi connectivity index (χ4v) is 2.21. The fraction of sp³-hybridized carbons (Fsp3) is 0.750. The molecule has 1 rings (SSSR count). The van der Waals surface area contributed by atoms with E-state index in [9.17, 15) is 15.2 Å². The number of nitro groups is 1. The topological polar surface area (TPSA) is 84.4 Å². The number of rotatable bonds is 8. The van der Waals surface area contributed by atoms with Crippen molar-refractivity contribution < 1.29 is 10.0 Å². The summed E-state index contributed by atoms with van der Waals surface area (Å²) in [6.07, 6.45) is 4.00. The Morgan fingerprint density at radius 1 is 1.53 bits per heavy atom. The maximum Gasteiger partial charge on any atom is 0.306 e. The number of likely N-dealkylation sites (N-methyl/N-ethyl adjacent to an activating group) is 1. The zero-order chi connectivity index (χ0) is 14.4. The minimum absolute atomic E-state index is 0.0550. The van der Waals surface area contributed by atoms with Gasteiger partial charge >= 0.3 is 5.69 Å². The average molecular weight is 270 g/mol. The maximum absolute atomic E-state index is 10.5. The number of aromatic nitrogens is 2. The van der Waals surface area contributed by atoms with Crippen molar-refractivity contribution in [2.45, 2.75) is 45.4 Å². The van der Waals surface area contributed by atoms with Crippen LogP contribution < -0.4 is 0 Å². The summed E-state index contributed by atoms with van der Waals surface area (Å²) in [5.74, 6) is 0. The van der Waals surface area contributed by atoms with Gasteiger partial charge in [-0.1, -0.05) is 13.8 Å². The highest BCUT2D eigenvalue weighted by atomic mass is 16.6. The van der Waals surface area contributed by atoms with Crippen LogP contribution in [0, 0.1) is 10.1 Å². The molecule has 0 fully saturated rings. The van der Waals surface area contributed by atoms with Gasteiger partial charge in [0.2, 0.25) is 0 Å². The molecule has 1 unspecified atom stereocenters. The van der Waals surface area contributed by atoms with E-state index in [1.807, 2.05) is 7.05 Å². The van der Waals surface area contributed by atoms with Gasteiger partial charge in [0.05, 0.1) is 17.6 Å². The van der Waals surface area contributed by atoms with Crippen LogP contribution in [-0.4, -0.2) is 50.4 Å². The van der Waals surface area contributed by atoms with Crippen molar-refractivity contribution in [1.29, 1.82) is 0 Å². The predicted octanol–water partition coefficient (Wildman–Crippen LogP) is 1.27. The molecule has 19 heavy (non-hydrogen) atoms. The smallest absolute Gasteiger partial charge is 0.306 e. The van der Waals surface area contributed by atoms with Gasteiger partial charge in [-0.25, -0.2) is 0 Å². The van der Waals surface area contributed by atoms with Crippen molar-refractivity contribution in [3.63, 3.8) is 0 Å². The van der Waals surface area contributed by atoms with Gasteiger partial charge in [-0.3, -0.25) is 14.8 Å². The Balaban J connectivity index is 2.50. The maximum atomic E-state index is 10.5. The largest absolute Gasteiger partial charge is 0.390 e. The molecule has 7 nitrogen and oxygen atoms in total. The summed E-state index contributed by atoms with van der Waals surface area (Å²) in [4.78, 5) is 12.1. The first-order valence-corrected chi connectivity index (χ1v) is 6.53. The molecule has 1 aromatic rings. The number of aliphatic hydroxyl groups excluding tert-OH is 1. The van der Waals surface area contributed by atoms with E-state index in [4.69, 9.17) is 0 Å². The van der Waals surface area contributed by atoms with Crippen LogP contribution in [0.3, 0.4) is 0 Å². The molecule has 0 saturated heterocycles. The van der Waals surface area contributed by atoms with E-state index in [1.54, 1.807) is 0 Å². The molecule has 1 heterocycles. The first-order valence-electron chi connectivity index (χ1n) is 6.53. The van der Waals surface area contributed by atoms with Crippen LogP contribution in [0.4, 0.5) is 5.69 Å². The van der Waals surface area contributed by atoms with E-state index in [-0.39, 0.29) is 12.2 Å². The molecular formula is C12H22N4O3. The summed E-state index contributed by atoms with van der Waals surface area (Å²) in [6, 6.07) is 0.446. The lowest BCUT2D eigenvalue weighted by Crippen LogP contribution is -2.38. The third kappa shape index (κ3) is 4.60. The van der Waals surface area contributed by atoms with Crippen molar-refractivity contribution in [3.05, 3.63) is 22.5 Å². The van der Waals surface area contributed by atoms with Crippen molar-refractivity contribution >= 4 is 5.69 Å². The Bertz CT molecular complexity index is 403. The van der Waals surface area contributed by atoms with Crippen LogP contribution in [0.2, 0.25) is 0 Å². The SMILES string of the molecule is CCC(CC)N(C)CC(O)Cn1cc([N+](=O)[O-])cn1. The standard InChI is InChI=1S/C12H22N4O3/c1-4-10(5-2)14(3)8-12(17)9-15-7-11(6-13-15)16(18)19/h6-7,10,12,17H,4-5,8-9H2,1-3H3. The number of hydrogen-bond acceptors (Lipinski definition) is 5. The van der Waals surface area contributed by atoms with E-state index in [1.165, 1.54) is 17.1 Å². The van der Waals surface area contributed by atoms with Crippen LogP contribution in [0.5, 0.6) is 0 Å². The molecule has 0 amide bonds. The first kappa shape index (κ1) is 15.6. The lowest BCUT2D eigenvalue weighted by Gasteiger charge is -2.28. The summed E-state index contributed by atoms with van der Waals surface area (Å²) in [5.41, 5.74) is -0.0550. The molecule has 0 aliphatic rings. The van der Waals surface area contributed by atoms with Gasteiger partial charge in [0.15, 0.2) is 0 Å². The zero-order valence-electron chi connectivity index (χ0n) is 11.7. The molecule has 0 aliphatic carbocycles. The van der Waals surface area contributed by atoms with Gasteiger partial charge in [-0.15, -0.1) is 0 Å². The van der Waals surface area contributed by atoms with Gasteiger partial charge in [-0.05, 0) is 19.9 Å². The molecule has 1 aromatic heterocycles. The highest BCUT2D eigenvalue weighted by Gasteiger charge is 2.16. The molecule has 0 spiro atoms. The van der Waals surface area contributed by atoms with E-state index in [0.717, 1.165) is 12.8 Å². The van der Waals surface area contributed by atoms with Gasteiger partial charge in [-0.2, -0.15) is 5.10 Å². The molecule has 0 aliphatic heterocycles. The molecule has 0 radical (unpaired) electrons. The molecule has 0 bridgehead atoms. The van der Waals surface area contributed by atoms with Crippen LogP contribution >= 0.6 is 0 Å². The quantitative estimate of drug-likeness (QED) is 0.568. The van der Waals surface area contributed by atoms with E-state index >= 15 is 0 Å². The Labute approximate surface area is 113 Å². The van der Waals surface area contributed by atoms with Crippen LogP contribution in [0.15, 0.2) is 12.4 Å². The second kappa shape index (κ2) is 7.20. The second-order valence-corrected chi connectivity index (χ2v) is 4.74. The van der Waals surface area contributed by atoms with E-state index in [0.29, 0.717) is 12.6 Å². The summed E-state index contributed by atoms with van der Waals surface area (Å²) < 4.78 is 1.41. The summed E-state index contributed by atoms with van der Waals surface area (Å²) in [6.45, 7) is 5.03. The number of hydrogen-bond donors (Lipinski definition) is 1. The molecule has 0 saturated carbocycles. The van der Waals surface area contributed by atoms with Crippen LogP contribution in [-0.2, 0) is 6.54 Å². The number of aliphatic hydroxyl groups is 1. The molecular weight excluding hydrogens is 248 g/mol. The Kier molecular flexibility index (Phi) is 5.91. The highest BCUT2D eigenvalue weighted by Crippen LogP contribution is 2.10. The Morgan fingerprint density at radius 2 is 2.16 bits per heavy atom. The van der Waals surface area contributed by atoms with Gasteiger partial charge < -0.3 is 10.0 Å². The Morgan fingerprint density at radius 3 is 2.63 bits per heavy atom. The minimum atomic E-state index is -0.592. The van der Waals surface area contributed by atoms with E-state index < -0.39 is 11.0 Å². The monoisotopic (exact) mass is 270 g/mol. The third-order valence-corrected chi connectivity index (χ3v) is 3.29. The van der Waals surface area contributed by atoms with Gasteiger partial charge in [0.25, 0.3) is 0 Å². The lowest BCUT2D eigenvalue weighted by atomic mass is 10.1. The predicted molar refractivity (Wildman–Crippen MR) is 71.9 cm³/mol. The summed E-state index contributed by atoms with van der Waals surface area (Å²) in [5, 5.41) is 24.4. The first-order chi connectivity index (χ1) is 8.97. The third-order valence-electron chi connectivity index (χ3n) is 3.29. The fourth-order valence-electron chi connectivity index (χ4n) is 2.21. The van der Waals surface area contributed by atoms with Crippen molar-refractivity contribution in [2.75, 3.05) is 13.6 Å². The van der Waals surface area contributed by atoms with Crippen molar-refractivity contribution in [1.82, 2.24) is 14.7 Å². The molecule has 108 valence electrons. The van der Waals surface area contributed by atoms with Crippen LogP contribution in [0.25, 0.3) is 0 Å². The van der Waals surface area contributed by atoms with Crippen LogP contribution in [0.1, 0.15) is 26.7 Å². The summed E-state index contributed by atoms with van der Waals surface area (Å²) in [7, 11) is 1.98. The average Bonchev–Trinajstić information content (AvgIpc) is 2.78. The van der Waals surface area contributed by atoms with Crippen molar-refractivity contribution in [3.8, 4) is 0 Å². The van der Waals surface area contributed by atoms with E-state index in [2.05, 4.69) is 23.8 Å². The Hall–Kier alpha value is -1.47. The van der Waals surface area contributed by atoms with Gasteiger partial charge in [0.1, 0.15) is 12.4 Å². The zero-order valence-corrected chi connectivity index (χ0v) is 11.7. The summed E-state index contributed by atoms with van der Waals surface area (Å²) >= 11 is 0. The molecule has 1 atom stereocenters. The number of nitrogens with zero attached hydrogens (tertiary/aromatic N) is 4. The van der Waals surface area contributed by atoms with Crippen molar-refractivity contribution in [2.24, 2.45) is 0 Å². The highest BCUT2D eigenvalue weighted by molar-refractivity contribution is 5.20. The normalized spacial score (nSPS) is 13.2. The minimum Gasteiger partial charge on any atom is -0.390 e. The lowest BCUT2D eigenvalue weighted by molar-refractivity contribution is -0.385.